The van der Waals surface area contributed by atoms with Crippen LogP contribution in [0.2, 0.25) is 0 Å². The maximum absolute atomic E-state index is 10.9. The number of anilines is 1. The maximum Gasteiger partial charge on any atom is 0.294 e. The molecule has 1 aliphatic heterocycles. The minimum Gasteiger partial charge on any atom is -0.383 e. The molecule has 1 heterocycles. The Hall–Kier alpha value is -1.11. The normalized spacial score (nSPS) is 20.6. The minimum absolute atomic E-state index is 0.0749. The van der Waals surface area contributed by atoms with E-state index in [4.69, 9.17) is 4.55 Å². The van der Waals surface area contributed by atoms with Crippen LogP contribution in [0.3, 0.4) is 0 Å². The first-order valence-corrected chi connectivity index (χ1v) is 8.00. The molecule has 106 valence electrons. The Labute approximate surface area is 114 Å². The first-order chi connectivity index (χ1) is 9.00. The molecule has 6 heteroatoms. The molecule has 1 aliphatic rings. The number of hydrogen-bond acceptors (Lipinski definition) is 4. The zero-order valence-electron chi connectivity index (χ0n) is 11.0. The number of rotatable bonds is 5. The largest absolute Gasteiger partial charge is 0.383 e. The summed E-state index contributed by atoms with van der Waals surface area (Å²) < 4.78 is 30.7. The number of hydrogen-bond donors (Lipinski definition) is 2. The van der Waals surface area contributed by atoms with E-state index in [1.807, 2.05) is 0 Å². The van der Waals surface area contributed by atoms with Crippen LogP contribution in [0.15, 0.2) is 29.2 Å². The van der Waals surface area contributed by atoms with E-state index in [0.717, 1.165) is 25.3 Å². The van der Waals surface area contributed by atoms with Crippen LogP contribution in [-0.2, 0) is 10.1 Å². The van der Waals surface area contributed by atoms with E-state index < -0.39 is 10.1 Å². The third-order valence-electron chi connectivity index (χ3n) is 3.60. The Morgan fingerprint density at radius 2 is 2.05 bits per heavy atom. The molecule has 0 aliphatic carbocycles. The van der Waals surface area contributed by atoms with Gasteiger partial charge in [0.05, 0.1) is 4.90 Å². The van der Waals surface area contributed by atoms with E-state index in [0.29, 0.717) is 6.04 Å². The van der Waals surface area contributed by atoms with Crippen molar-refractivity contribution < 1.29 is 13.0 Å². The van der Waals surface area contributed by atoms with Gasteiger partial charge in [0, 0.05) is 18.3 Å². The molecule has 1 saturated heterocycles. The molecule has 0 radical (unpaired) electrons. The van der Waals surface area contributed by atoms with Crippen LogP contribution in [0, 0.1) is 0 Å². The fraction of sp³-hybridized carbons (Fsp3) is 0.538. The number of benzene rings is 1. The monoisotopic (exact) mass is 284 g/mol. The van der Waals surface area contributed by atoms with Gasteiger partial charge in [-0.15, -0.1) is 0 Å². The van der Waals surface area contributed by atoms with Crippen molar-refractivity contribution in [1.82, 2.24) is 4.90 Å². The summed E-state index contributed by atoms with van der Waals surface area (Å²) in [6.07, 6.45) is 2.44. The molecule has 1 aromatic carbocycles. The molecule has 5 nitrogen and oxygen atoms in total. The van der Waals surface area contributed by atoms with Crippen LogP contribution in [0.5, 0.6) is 0 Å². The third kappa shape index (κ3) is 3.68. The molecule has 0 bridgehead atoms. The summed E-state index contributed by atoms with van der Waals surface area (Å²) in [5, 5.41) is 3.31. The van der Waals surface area contributed by atoms with E-state index in [2.05, 4.69) is 17.1 Å². The number of nitrogens with one attached hydrogen (secondary N) is 1. The first-order valence-electron chi connectivity index (χ1n) is 6.56. The van der Waals surface area contributed by atoms with Crippen molar-refractivity contribution >= 4 is 15.8 Å². The van der Waals surface area contributed by atoms with Gasteiger partial charge in [0.2, 0.25) is 0 Å². The average Bonchev–Trinajstić information content (AvgIpc) is 2.83. The van der Waals surface area contributed by atoms with Crippen LogP contribution >= 0.6 is 0 Å². The van der Waals surface area contributed by atoms with Gasteiger partial charge in [-0.2, -0.15) is 8.42 Å². The molecule has 1 aromatic rings. The molecular weight excluding hydrogens is 264 g/mol. The summed E-state index contributed by atoms with van der Waals surface area (Å²) in [6.45, 7) is 5.25. The molecule has 0 spiro atoms. The van der Waals surface area contributed by atoms with E-state index >= 15 is 0 Å². The van der Waals surface area contributed by atoms with E-state index in [9.17, 15) is 8.42 Å². The number of likely N-dealkylation sites (N-methyl/N-ethyl adjacent to an activating group) is 1. The van der Waals surface area contributed by atoms with Gasteiger partial charge in [0.25, 0.3) is 10.1 Å². The standard InChI is InChI=1S/C13H20N2O3S/c1-2-15-9-3-4-12(15)10-14-11-5-7-13(8-6-11)19(16,17)18/h5-8,12,14H,2-4,9-10H2,1H3,(H,16,17,18). The highest BCUT2D eigenvalue weighted by Crippen LogP contribution is 2.18. The molecule has 1 unspecified atom stereocenters. The Morgan fingerprint density at radius 3 is 2.63 bits per heavy atom. The zero-order chi connectivity index (χ0) is 13.9. The van der Waals surface area contributed by atoms with Crippen molar-refractivity contribution in [3.8, 4) is 0 Å². The van der Waals surface area contributed by atoms with Crippen molar-refractivity contribution in [2.75, 3.05) is 25.0 Å². The molecular formula is C13H20N2O3S. The molecule has 0 amide bonds. The van der Waals surface area contributed by atoms with Crippen molar-refractivity contribution in [2.24, 2.45) is 0 Å². The SMILES string of the molecule is CCN1CCCC1CNc1ccc(S(=O)(=O)O)cc1. The van der Waals surface area contributed by atoms with E-state index in [-0.39, 0.29) is 4.90 Å². The maximum atomic E-state index is 10.9. The van der Waals surface area contributed by atoms with Crippen molar-refractivity contribution in [3.05, 3.63) is 24.3 Å². The topological polar surface area (TPSA) is 69.6 Å². The van der Waals surface area contributed by atoms with Crippen LogP contribution in [0.4, 0.5) is 5.69 Å². The minimum atomic E-state index is -4.10. The highest BCUT2D eigenvalue weighted by molar-refractivity contribution is 7.85. The van der Waals surface area contributed by atoms with Gasteiger partial charge in [-0.05, 0) is 50.2 Å². The van der Waals surface area contributed by atoms with E-state index in [1.54, 1.807) is 12.1 Å². The third-order valence-corrected chi connectivity index (χ3v) is 4.47. The Morgan fingerprint density at radius 1 is 1.37 bits per heavy atom. The zero-order valence-corrected chi connectivity index (χ0v) is 11.9. The second kappa shape index (κ2) is 5.90. The molecule has 0 aromatic heterocycles. The van der Waals surface area contributed by atoms with Crippen molar-refractivity contribution in [3.63, 3.8) is 0 Å². The van der Waals surface area contributed by atoms with Gasteiger partial charge in [0.1, 0.15) is 0 Å². The summed E-state index contributed by atoms with van der Waals surface area (Å²) in [7, 11) is -4.10. The van der Waals surface area contributed by atoms with Crippen LogP contribution in [0.25, 0.3) is 0 Å². The van der Waals surface area contributed by atoms with Gasteiger partial charge in [-0.3, -0.25) is 9.45 Å². The average molecular weight is 284 g/mol. The lowest BCUT2D eigenvalue weighted by Crippen LogP contribution is -2.34. The lowest BCUT2D eigenvalue weighted by molar-refractivity contribution is 0.277. The first kappa shape index (κ1) is 14.3. The van der Waals surface area contributed by atoms with Crippen LogP contribution in [-0.4, -0.2) is 43.5 Å². The Balaban J connectivity index is 1.93. The summed E-state index contributed by atoms with van der Waals surface area (Å²) in [5.74, 6) is 0. The lowest BCUT2D eigenvalue weighted by atomic mass is 10.2. The van der Waals surface area contributed by atoms with Gasteiger partial charge in [-0.1, -0.05) is 6.92 Å². The van der Waals surface area contributed by atoms with Crippen molar-refractivity contribution in [1.29, 1.82) is 0 Å². The van der Waals surface area contributed by atoms with Gasteiger partial charge in [-0.25, -0.2) is 0 Å². The van der Waals surface area contributed by atoms with Gasteiger partial charge >= 0.3 is 0 Å². The molecule has 19 heavy (non-hydrogen) atoms. The van der Waals surface area contributed by atoms with Gasteiger partial charge < -0.3 is 5.32 Å². The smallest absolute Gasteiger partial charge is 0.294 e. The molecule has 2 rings (SSSR count). The molecule has 1 atom stereocenters. The Kier molecular flexibility index (Phi) is 4.44. The highest BCUT2D eigenvalue weighted by atomic mass is 32.2. The van der Waals surface area contributed by atoms with Crippen LogP contribution < -0.4 is 5.32 Å². The highest BCUT2D eigenvalue weighted by Gasteiger charge is 2.22. The van der Waals surface area contributed by atoms with Crippen LogP contribution in [0.1, 0.15) is 19.8 Å². The van der Waals surface area contributed by atoms with Crippen molar-refractivity contribution in [2.45, 2.75) is 30.7 Å². The summed E-state index contributed by atoms with van der Waals surface area (Å²) in [6, 6.07) is 6.71. The second-order valence-corrected chi connectivity index (χ2v) is 6.23. The summed E-state index contributed by atoms with van der Waals surface area (Å²) in [5.41, 5.74) is 0.871. The van der Waals surface area contributed by atoms with E-state index in [1.165, 1.54) is 25.0 Å². The number of likely N-dealkylation sites (tertiary alicyclic amines) is 1. The summed E-state index contributed by atoms with van der Waals surface area (Å²) >= 11 is 0. The summed E-state index contributed by atoms with van der Waals surface area (Å²) in [4.78, 5) is 2.37. The fourth-order valence-corrected chi connectivity index (χ4v) is 3.00. The Bertz CT molecular complexity index is 513. The molecule has 0 saturated carbocycles. The number of nitrogens with zero attached hydrogens (tertiary/aromatic N) is 1. The second-order valence-electron chi connectivity index (χ2n) is 4.80. The molecule has 2 N–H and O–H groups in total. The van der Waals surface area contributed by atoms with Gasteiger partial charge in [0.15, 0.2) is 0 Å². The predicted molar refractivity (Wildman–Crippen MR) is 75.0 cm³/mol. The molecule has 1 fully saturated rings. The predicted octanol–water partition coefficient (Wildman–Crippen LogP) is 1.83. The fourth-order valence-electron chi connectivity index (χ4n) is 2.52. The lowest BCUT2D eigenvalue weighted by Gasteiger charge is -2.23. The quantitative estimate of drug-likeness (QED) is 0.807.